The van der Waals surface area contributed by atoms with Crippen LogP contribution in [0.15, 0.2) is 22.6 Å². The number of non-ortho nitro benzene ring substituents is 1. The lowest BCUT2D eigenvalue weighted by Gasteiger charge is -2.27. The number of hydrogen-bond donors (Lipinski definition) is 0. The fourth-order valence-electron chi connectivity index (χ4n) is 2.80. The highest BCUT2D eigenvalue weighted by atomic mass is 16.6. The highest BCUT2D eigenvalue weighted by Crippen LogP contribution is 2.34. The van der Waals surface area contributed by atoms with Crippen LogP contribution in [0, 0.1) is 10.1 Å². The van der Waals surface area contributed by atoms with Crippen molar-refractivity contribution in [2.75, 3.05) is 14.1 Å². The summed E-state index contributed by atoms with van der Waals surface area (Å²) in [5, 5.41) is 11.8. The third-order valence-corrected chi connectivity index (χ3v) is 3.94. The normalized spacial score (nSPS) is 18.8. The van der Waals surface area contributed by atoms with Gasteiger partial charge in [-0.3, -0.25) is 10.1 Å². The molecule has 0 radical (unpaired) electrons. The maximum Gasteiger partial charge on any atom is 0.270 e. The summed E-state index contributed by atoms with van der Waals surface area (Å²) in [6.45, 7) is 0. The molecule has 0 saturated heterocycles. The van der Waals surface area contributed by atoms with Crippen molar-refractivity contribution in [1.29, 1.82) is 0 Å². The molecule has 100 valence electrons. The largest absolute Gasteiger partial charge is 0.461 e. The van der Waals surface area contributed by atoms with Crippen LogP contribution in [0.2, 0.25) is 0 Å². The number of aryl methyl sites for hydroxylation is 1. The molecule has 1 atom stereocenters. The zero-order valence-electron chi connectivity index (χ0n) is 11.0. The topological polar surface area (TPSA) is 59.5 Å². The smallest absolute Gasteiger partial charge is 0.270 e. The number of nitro groups is 1. The van der Waals surface area contributed by atoms with Crippen LogP contribution in [0.25, 0.3) is 11.0 Å². The number of fused-ring (bicyclic) bond motifs is 3. The fraction of sp³-hybridized carbons (Fsp3) is 0.429. The van der Waals surface area contributed by atoms with Crippen molar-refractivity contribution >= 4 is 16.7 Å². The van der Waals surface area contributed by atoms with E-state index in [1.165, 1.54) is 6.07 Å². The second-order valence-electron chi connectivity index (χ2n) is 5.30. The lowest BCUT2D eigenvalue weighted by atomic mass is 9.91. The van der Waals surface area contributed by atoms with Crippen LogP contribution in [0.5, 0.6) is 0 Å². The van der Waals surface area contributed by atoms with Crippen molar-refractivity contribution in [3.63, 3.8) is 0 Å². The summed E-state index contributed by atoms with van der Waals surface area (Å²) in [6.07, 6.45) is 2.87. The minimum absolute atomic E-state index is 0.128. The third-order valence-electron chi connectivity index (χ3n) is 3.94. The molecule has 19 heavy (non-hydrogen) atoms. The van der Waals surface area contributed by atoms with Gasteiger partial charge in [0.2, 0.25) is 0 Å². The molecule has 0 aliphatic heterocycles. The SMILES string of the molecule is CN(C)C1CCc2oc3ccc([N+](=O)[O-])cc3c2C1. The van der Waals surface area contributed by atoms with E-state index in [0.29, 0.717) is 6.04 Å². The van der Waals surface area contributed by atoms with Crippen molar-refractivity contribution in [3.05, 3.63) is 39.6 Å². The summed E-state index contributed by atoms with van der Waals surface area (Å²) in [7, 11) is 4.14. The molecule has 1 aromatic carbocycles. The maximum atomic E-state index is 10.9. The van der Waals surface area contributed by atoms with E-state index in [4.69, 9.17) is 4.42 Å². The number of rotatable bonds is 2. The van der Waals surface area contributed by atoms with Gasteiger partial charge in [0, 0.05) is 35.5 Å². The summed E-state index contributed by atoms with van der Waals surface area (Å²) < 4.78 is 5.81. The summed E-state index contributed by atoms with van der Waals surface area (Å²) in [4.78, 5) is 12.7. The average molecular weight is 260 g/mol. The monoisotopic (exact) mass is 260 g/mol. The van der Waals surface area contributed by atoms with Crippen LogP contribution in [-0.4, -0.2) is 30.0 Å². The van der Waals surface area contributed by atoms with Gasteiger partial charge >= 0.3 is 0 Å². The van der Waals surface area contributed by atoms with Gasteiger partial charge in [0.25, 0.3) is 5.69 Å². The molecule has 5 nitrogen and oxygen atoms in total. The van der Waals surface area contributed by atoms with Crippen molar-refractivity contribution in [2.45, 2.75) is 25.3 Å². The van der Waals surface area contributed by atoms with Crippen LogP contribution in [-0.2, 0) is 12.8 Å². The molecule has 0 bridgehead atoms. The second-order valence-corrected chi connectivity index (χ2v) is 5.30. The predicted molar refractivity (Wildman–Crippen MR) is 72.4 cm³/mol. The average Bonchev–Trinajstić information content (AvgIpc) is 2.75. The van der Waals surface area contributed by atoms with Crippen molar-refractivity contribution in [1.82, 2.24) is 4.90 Å². The summed E-state index contributed by atoms with van der Waals surface area (Å²) in [5.41, 5.74) is 2.03. The molecular formula is C14H16N2O3. The molecular weight excluding hydrogens is 244 g/mol. The molecule has 1 unspecified atom stereocenters. The van der Waals surface area contributed by atoms with Gasteiger partial charge in [0.05, 0.1) is 4.92 Å². The zero-order valence-corrected chi connectivity index (χ0v) is 11.0. The lowest BCUT2D eigenvalue weighted by molar-refractivity contribution is -0.384. The molecule has 0 amide bonds. The Bertz CT molecular complexity index is 645. The van der Waals surface area contributed by atoms with Crippen LogP contribution in [0.1, 0.15) is 17.7 Å². The van der Waals surface area contributed by atoms with Gasteiger partial charge in [0.15, 0.2) is 0 Å². The number of hydrogen-bond acceptors (Lipinski definition) is 4. The summed E-state index contributed by atoms with van der Waals surface area (Å²) in [5.74, 6) is 0.994. The van der Waals surface area contributed by atoms with E-state index in [9.17, 15) is 10.1 Å². The van der Waals surface area contributed by atoms with Gasteiger partial charge in [-0.1, -0.05) is 0 Å². The third kappa shape index (κ3) is 2.00. The summed E-state index contributed by atoms with van der Waals surface area (Å²) >= 11 is 0. The van der Waals surface area contributed by atoms with E-state index in [1.54, 1.807) is 12.1 Å². The standard InChI is InChI=1S/C14H16N2O3/c1-15(2)9-3-5-13-11(7-9)12-8-10(16(17)18)4-6-14(12)19-13/h4,6,8-9H,3,5,7H2,1-2H3. The van der Waals surface area contributed by atoms with Gasteiger partial charge in [-0.05, 0) is 33.0 Å². The Morgan fingerprint density at radius 3 is 2.89 bits per heavy atom. The van der Waals surface area contributed by atoms with Crippen LogP contribution < -0.4 is 0 Å². The molecule has 1 aliphatic carbocycles. The van der Waals surface area contributed by atoms with Crippen molar-refractivity contribution < 1.29 is 9.34 Å². The lowest BCUT2D eigenvalue weighted by Crippen LogP contribution is -2.33. The Labute approximate surface area is 111 Å². The number of benzene rings is 1. The molecule has 1 aromatic heterocycles. The molecule has 5 heteroatoms. The Morgan fingerprint density at radius 2 is 2.21 bits per heavy atom. The van der Waals surface area contributed by atoms with Gasteiger partial charge in [-0.2, -0.15) is 0 Å². The molecule has 3 rings (SSSR count). The minimum atomic E-state index is -0.356. The zero-order chi connectivity index (χ0) is 13.6. The van der Waals surface area contributed by atoms with E-state index in [1.807, 2.05) is 0 Å². The van der Waals surface area contributed by atoms with Crippen LogP contribution in [0.4, 0.5) is 5.69 Å². The highest BCUT2D eigenvalue weighted by molar-refractivity contribution is 5.84. The molecule has 1 heterocycles. The quantitative estimate of drug-likeness (QED) is 0.615. The number of furan rings is 1. The maximum absolute atomic E-state index is 10.9. The summed E-state index contributed by atoms with van der Waals surface area (Å²) in [6, 6.07) is 5.32. The van der Waals surface area contributed by atoms with E-state index < -0.39 is 0 Å². The first-order valence-electron chi connectivity index (χ1n) is 6.41. The Hall–Kier alpha value is -1.88. The first-order valence-corrected chi connectivity index (χ1v) is 6.41. The van der Waals surface area contributed by atoms with E-state index in [2.05, 4.69) is 19.0 Å². The fourth-order valence-corrected chi connectivity index (χ4v) is 2.80. The number of nitrogens with zero attached hydrogens (tertiary/aromatic N) is 2. The van der Waals surface area contributed by atoms with E-state index in [-0.39, 0.29) is 10.6 Å². The van der Waals surface area contributed by atoms with E-state index >= 15 is 0 Å². The molecule has 0 N–H and O–H groups in total. The van der Waals surface area contributed by atoms with Crippen LogP contribution >= 0.6 is 0 Å². The Balaban J connectivity index is 2.10. The number of likely N-dealkylation sites (N-methyl/N-ethyl adjacent to an activating group) is 1. The van der Waals surface area contributed by atoms with Crippen LogP contribution in [0.3, 0.4) is 0 Å². The van der Waals surface area contributed by atoms with Crippen molar-refractivity contribution in [2.24, 2.45) is 0 Å². The Kier molecular flexibility index (Phi) is 2.78. The molecule has 0 spiro atoms. The predicted octanol–water partition coefficient (Wildman–Crippen LogP) is 2.76. The minimum Gasteiger partial charge on any atom is -0.461 e. The Morgan fingerprint density at radius 1 is 1.42 bits per heavy atom. The van der Waals surface area contributed by atoms with Gasteiger partial charge in [0.1, 0.15) is 11.3 Å². The van der Waals surface area contributed by atoms with Crippen molar-refractivity contribution in [3.8, 4) is 0 Å². The first-order chi connectivity index (χ1) is 9.06. The van der Waals surface area contributed by atoms with Gasteiger partial charge in [-0.15, -0.1) is 0 Å². The molecule has 2 aromatic rings. The van der Waals surface area contributed by atoms with Gasteiger partial charge in [-0.25, -0.2) is 0 Å². The van der Waals surface area contributed by atoms with Gasteiger partial charge < -0.3 is 9.32 Å². The van der Waals surface area contributed by atoms with E-state index in [0.717, 1.165) is 41.6 Å². The molecule has 0 saturated carbocycles. The molecule has 1 aliphatic rings. The molecule has 0 fully saturated rings. The number of nitro benzene ring substituents is 1. The second kappa shape index (κ2) is 4.35. The first kappa shape index (κ1) is 12.2. The highest BCUT2D eigenvalue weighted by Gasteiger charge is 2.26.